The van der Waals surface area contributed by atoms with Gasteiger partial charge in [-0.3, -0.25) is 14.4 Å². The van der Waals surface area contributed by atoms with E-state index in [-0.39, 0.29) is 31.8 Å². The molecule has 0 saturated heterocycles. The Labute approximate surface area is 201 Å². The molecule has 2 aromatic rings. The number of halogens is 1. The lowest BCUT2D eigenvalue weighted by molar-refractivity contribution is -0.147. The van der Waals surface area contributed by atoms with Crippen molar-refractivity contribution in [2.75, 3.05) is 23.8 Å². The van der Waals surface area contributed by atoms with Crippen LogP contribution in [-0.2, 0) is 23.9 Å². The average Bonchev–Trinajstić information content (AvgIpc) is 2.76. The average molecular weight is 519 g/mol. The van der Waals surface area contributed by atoms with Gasteiger partial charge in [-0.2, -0.15) is 0 Å². The number of benzene rings is 2. The molecule has 0 aliphatic rings. The fourth-order valence-corrected chi connectivity index (χ4v) is 3.30. The number of rotatable bonds is 10. The first-order valence-corrected chi connectivity index (χ1v) is 11.3. The standard InChI is InChI=1S/C24H27BrN2O6/c1-4-32-24(31)17-8-10-18(11-9-17)26-21(28)6-5-7-23(30)33-14-22(29)27-20-13-15(2)19(25)12-16(20)3/h8-13H,4-7,14H2,1-3H3,(H,26,28)(H,27,29). The molecular weight excluding hydrogens is 492 g/mol. The highest BCUT2D eigenvalue weighted by Crippen LogP contribution is 2.24. The maximum atomic E-state index is 12.1. The Hall–Kier alpha value is -3.20. The molecule has 0 atom stereocenters. The van der Waals surface area contributed by atoms with Crippen molar-refractivity contribution < 1.29 is 28.7 Å². The number of carbonyl (C=O) groups excluding carboxylic acids is 4. The number of esters is 2. The van der Waals surface area contributed by atoms with E-state index in [1.54, 1.807) is 31.2 Å². The van der Waals surface area contributed by atoms with E-state index in [0.717, 1.165) is 15.6 Å². The number of carbonyl (C=O) groups is 4. The van der Waals surface area contributed by atoms with Crippen LogP contribution in [0.15, 0.2) is 40.9 Å². The quantitative estimate of drug-likeness (QED) is 0.447. The van der Waals surface area contributed by atoms with E-state index in [4.69, 9.17) is 9.47 Å². The summed E-state index contributed by atoms with van der Waals surface area (Å²) in [5.74, 6) is -1.69. The molecule has 0 aliphatic heterocycles. The number of ether oxygens (including phenoxy) is 2. The van der Waals surface area contributed by atoms with Crippen LogP contribution >= 0.6 is 15.9 Å². The van der Waals surface area contributed by atoms with Crippen molar-refractivity contribution in [2.24, 2.45) is 0 Å². The summed E-state index contributed by atoms with van der Waals surface area (Å²) in [7, 11) is 0. The summed E-state index contributed by atoms with van der Waals surface area (Å²) < 4.78 is 10.8. The van der Waals surface area contributed by atoms with Gasteiger partial charge in [0.1, 0.15) is 0 Å². The molecule has 0 spiro atoms. The molecule has 2 N–H and O–H groups in total. The van der Waals surface area contributed by atoms with Crippen molar-refractivity contribution in [3.63, 3.8) is 0 Å². The molecule has 0 saturated carbocycles. The van der Waals surface area contributed by atoms with Gasteiger partial charge in [-0.15, -0.1) is 0 Å². The minimum absolute atomic E-state index is 0.0128. The van der Waals surface area contributed by atoms with Crippen molar-refractivity contribution in [1.29, 1.82) is 0 Å². The predicted molar refractivity (Wildman–Crippen MR) is 128 cm³/mol. The van der Waals surface area contributed by atoms with Gasteiger partial charge in [-0.25, -0.2) is 4.79 Å². The van der Waals surface area contributed by atoms with E-state index in [1.165, 1.54) is 0 Å². The number of anilines is 2. The second-order valence-electron chi connectivity index (χ2n) is 7.32. The Balaban J connectivity index is 1.68. The van der Waals surface area contributed by atoms with Crippen LogP contribution in [0.25, 0.3) is 0 Å². The lowest BCUT2D eigenvalue weighted by Gasteiger charge is -2.11. The van der Waals surface area contributed by atoms with Gasteiger partial charge in [0, 0.05) is 28.7 Å². The molecule has 0 radical (unpaired) electrons. The van der Waals surface area contributed by atoms with Crippen molar-refractivity contribution >= 4 is 51.1 Å². The maximum absolute atomic E-state index is 12.1. The third kappa shape index (κ3) is 8.69. The van der Waals surface area contributed by atoms with Crippen LogP contribution in [-0.4, -0.2) is 37.0 Å². The number of aryl methyl sites for hydroxylation is 2. The number of amides is 2. The van der Waals surface area contributed by atoms with E-state index in [2.05, 4.69) is 26.6 Å². The van der Waals surface area contributed by atoms with E-state index in [1.807, 2.05) is 26.0 Å². The molecule has 2 amide bonds. The lowest BCUT2D eigenvalue weighted by atomic mass is 10.1. The van der Waals surface area contributed by atoms with Crippen molar-refractivity contribution in [3.05, 3.63) is 57.6 Å². The smallest absolute Gasteiger partial charge is 0.338 e. The van der Waals surface area contributed by atoms with Gasteiger partial charge in [-0.1, -0.05) is 15.9 Å². The summed E-state index contributed by atoms with van der Waals surface area (Å²) >= 11 is 3.43. The fraction of sp³-hybridized carbons (Fsp3) is 0.333. The highest BCUT2D eigenvalue weighted by atomic mass is 79.9. The van der Waals surface area contributed by atoms with Gasteiger partial charge in [-0.05, 0) is 74.7 Å². The summed E-state index contributed by atoms with van der Waals surface area (Å²) in [6.45, 7) is 5.39. The van der Waals surface area contributed by atoms with Crippen molar-refractivity contribution in [2.45, 2.75) is 40.0 Å². The zero-order valence-electron chi connectivity index (χ0n) is 18.8. The Morgan fingerprint density at radius 3 is 2.24 bits per heavy atom. The molecule has 0 aromatic heterocycles. The zero-order valence-corrected chi connectivity index (χ0v) is 20.4. The summed E-state index contributed by atoms with van der Waals surface area (Å²) in [6.07, 6.45) is 0.398. The van der Waals surface area contributed by atoms with Crippen LogP contribution < -0.4 is 10.6 Å². The monoisotopic (exact) mass is 518 g/mol. The molecule has 2 rings (SSSR count). The van der Waals surface area contributed by atoms with E-state index < -0.39 is 24.5 Å². The number of nitrogens with one attached hydrogen (secondary N) is 2. The van der Waals surface area contributed by atoms with Gasteiger partial charge in [0.05, 0.1) is 12.2 Å². The molecule has 0 aliphatic carbocycles. The Bertz CT molecular complexity index is 1020. The minimum atomic E-state index is -0.555. The number of hydrogen-bond donors (Lipinski definition) is 2. The largest absolute Gasteiger partial charge is 0.462 e. The van der Waals surface area contributed by atoms with Gasteiger partial charge in [0.15, 0.2) is 6.61 Å². The Kier molecular flexibility index (Phi) is 10.1. The molecule has 9 heteroatoms. The molecule has 2 aromatic carbocycles. The first kappa shape index (κ1) is 26.1. The Morgan fingerprint density at radius 2 is 1.58 bits per heavy atom. The molecule has 0 bridgehead atoms. The minimum Gasteiger partial charge on any atom is -0.462 e. The summed E-state index contributed by atoms with van der Waals surface area (Å²) in [6, 6.07) is 10.1. The molecule has 8 nitrogen and oxygen atoms in total. The van der Waals surface area contributed by atoms with Crippen molar-refractivity contribution in [3.8, 4) is 0 Å². The first-order valence-electron chi connectivity index (χ1n) is 10.5. The van der Waals surface area contributed by atoms with Gasteiger partial charge in [0.2, 0.25) is 5.91 Å². The van der Waals surface area contributed by atoms with E-state index in [9.17, 15) is 19.2 Å². The second-order valence-corrected chi connectivity index (χ2v) is 8.18. The van der Waals surface area contributed by atoms with Crippen molar-refractivity contribution in [1.82, 2.24) is 0 Å². The summed E-state index contributed by atoms with van der Waals surface area (Å²) in [5.41, 5.74) is 3.44. The zero-order chi connectivity index (χ0) is 24.4. The van der Waals surface area contributed by atoms with E-state index >= 15 is 0 Å². The second kappa shape index (κ2) is 12.7. The summed E-state index contributed by atoms with van der Waals surface area (Å²) in [5, 5.41) is 5.42. The SMILES string of the molecule is CCOC(=O)c1ccc(NC(=O)CCCC(=O)OCC(=O)Nc2cc(C)c(Br)cc2C)cc1. The normalized spacial score (nSPS) is 10.3. The van der Waals surface area contributed by atoms with E-state index in [0.29, 0.717) is 16.9 Å². The third-order valence-electron chi connectivity index (χ3n) is 4.61. The van der Waals surface area contributed by atoms with Gasteiger partial charge < -0.3 is 20.1 Å². The fourth-order valence-electron chi connectivity index (χ4n) is 2.84. The lowest BCUT2D eigenvalue weighted by Crippen LogP contribution is -2.21. The van der Waals surface area contributed by atoms with Crippen LogP contribution in [0.3, 0.4) is 0 Å². The molecule has 33 heavy (non-hydrogen) atoms. The van der Waals surface area contributed by atoms with Gasteiger partial charge >= 0.3 is 11.9 Å². The maximum Gasteiger partial charge on any atom is 0.338 e. The topological polar surface area (TPSA) is 111 Å². The van der Waals surface area contributed by atoms with Crippen LogP contribution in [0, 0.1) is 13.8 Å². The highest BCUT2D eigenvalue weighted by Gasteiger charge is 2.12. The molecule has 176 valence electrons. The third-order valence-corrected chi connectivity index (χ3v) is 5.46. The molecular formula is C24H27BrN2O6. The van der Waals surface area contributed by atoms with Gasteiger partial charge in [0.25, 0.3) is 5.91 Å². The van der Waals surface area contributed by atoms with Crippen LogP contribution in [0.2, 0.25) is 0 Å². The summed E-state index contributed by atoms with van der Waals surface area (Å²) in [4.78, 5) is 47.6. The van der Waals surface area contributed by atoms with Crippen LogP contribution in [0.4, 0.5) is 11.4 Å². The first-order chi connectivity index (χ1) is 15.7. The molecule has 0 fully saturated rings. The Morgan fingerprint density at radius 1 is 0.879 bits per heavy atom. The van der Waals surface area contributed by atoms with Crippen LogP contribution in [0.1, 0.15) is 47.7 Å². The molecule has 0 unspecified atom stereocenters. The predicted octanol–water partition coefficient (Wildman–Crippen LogP) is 4.53. The van der Waals surface area contributed by atoms with Crippen LogP contribution in [0.5, 0.6) is 0 Å². The molecule has 0 heterocycles. The highest BCUT2D eigenvalue weighted by molar-refractivity contribution is 9.10. The number of hydrogen-bond acceptors (Lipinski definition) is 6.